The van der Waals surface area contributed by atoms with E-state index < -0.39 is 0 Å². The van der Waals surface area contributed by atoms with Crippen LogP contribution in [0.5, 0.6) is 0 Å². The van der Waals surface area contributed by atoms with Crippen molar-refractivity contribution in [3.63, 3.8) is 0 Å². The van der Waals surface area contributed by atoms with Crippen molar-refractivity contribution in [2.45, 2.75) is 6.42 Å². The highest BCUT2D eigenvalue weighted by atomic mass is 79.9. The summed E-state index contributed by atoms with van der Waals surface area (Å²) in [6.45, 7) is 0. The average molecular weight is 276 g/mol. The van der Waals surface area contributed by atoms with Gasteiger partial charge in [-0.3, -0.25) is 0 Å². The van der Waals surface area contributed by atoms with E-state index in [9.17, 15) is 0 Å². The molecular formula is C10H8BrClS. The molecule has 0 aliphatic heterocycles. The summed E-state index contributed by atoms with van der Waals surface area (Å²) in [6, 6.07) is 5.67. The molecule has 0 N–H and O–H groups in total. The van der Waals surface area contributed by atoms with Gasteiger partial charge >= 0.3 is 0 Å². The Balaban J connectivity index is 2.81. The summed E-state index contributed by atoms with van der Waals surface area (Å²) < 4.78 is 0.897. The number of rotatable bonds is 1. The maximum atomic E-state index is 5.90. The fraction of sp³-hybridized carbons (Fsp3) is 0.200. The molecule has 0 aliphatic carbocycles. The van der Waals surface area contributed by atoms with E-state index in [2.05, 4.69) is 40.4 Å². The molecule has 3 heteroatoms. The molecule has 0 unspecified atom stereocenters. The predicted octanol–water partition coefficient (Wildman–Crippen LogP) is 3.77. The molecule has 0 nitrogen and oxygen atoms in total. The molecule has 1 aromatic carbocycles. The topological polar surface area (TPSA) is 0 Å². The standard InChI is InChI=1S/C10H8BrClS/c11-9-5-4-8(7-10(9)12)3-1-2-6-13/h4-5,7,13H,2,6H2. The van der Waals surface area contributed by atoms with Crippen molar-refractivity contribution in [3.05, 3.63) is 33.3 Å². The number of benzene rings is 1. The molecule has 0 heterocycles. The Morgan fingerprint density at radius 1 is 1.46 bits per heavy atom. The molecular weight excluding hydrogens is 268 g/mol. The maximum Gasteiger partial charge on any atom is 0.0560 e. The van der Waals surface area contributed by atoms with Crippen LogP contribution in [0, 0.1) is 11.8 Å². The van der Waals surface area contributed by atoms with Crippen molar-refractivity contribution in [2.75, 3.05) is 5.75 Å². The third kappa shape index (κ3) is 3.64. The van der Waals surface area contributed by atoms with E-state index in [0.717, 1.165) is 22.2 Å². The Labute approximate surface area is 97.2 Å². The highest BCUT2D eigenvalue weighted by Crippen LogP contribution is 2.22. The smallest absolute Gasteiger partial charge is 0.0560 e. The maximum absolute atomic E-state index is 5.90. The van der Waals surface area contributed by atoms with Crippen LogP contribution in [0.25, 0.3) is 0 Å². The molecule has 68 valence electrons. The lowest BCUT2D eigenvalue weighted by atomic mass is 10.2. The van der Waals surface area contributed by atoms with Gasteiger partial charge in [-0.25, -0.2) is 0 Å². The van der Waals surface area contributed by atoms with Gasteiger partial charge in [0.05, 0.1) is 5.02 Å². The Morgan fingerprint density at radius 3 is 2.85 bits per heavy atom. The summed E-state index contributed by atoms with van der Waals surface area (Å²) in [5.74, 6) is 6.80. The first kappa shape index (κ1) is 11.0. The van der Waals surface area contributed by atoms with Gasteiger partial charge in [-0.2, -0.15) is 12.6 Å². The van der Waals surface area contributed by atoms with Gasteiger partial charge in [-0.1, -0.05) is 23.4 Å². The van der Waals surface area contributed by atoms with Crippen LogP contribution in [0.15, 0.2) is 22.7 Å². The second-order valence-corrected chi connectivity index (χ2v) is 4.11. The van der Waals surface area contributed by atoms with Crippen LogP contribution in [0.4, 0.5) is 0 Å². The van der Waals surface area contributed by atoms with E-state index in [-0.39, 0.29) is 0 Å². The molecule has 1 rings (SSSR count). The van der Waals surface area contributed by atoms with Gasteiger partial charge in [0.1, 0.15) is 0 Å². The van der Waals surface area contributed by atoms with E-state index in [1.165, 1.54) is 0 Å². The van der Waals surface area contributed by atoms with E-state index in [0.29, 0.717) is 5.02 Å². The highest BCUT2D eigenvalue weighted by molar-refractivity contribution is 9.10. The lowest BCUT2D eigenvalue weighted by Crippen LogP contribution is -1.76. The van der Waals surface area contributed by atoms with Gasteiger partial charge < -0.3 is 0 Å². The van der Waals surface area contributed by atoms with Crippen molar-refractivity contribution >= 4 is 40.2 Å². The summed E-state index contributed by atoms with van der Waals surface area (Å²) in [6.07, 6.45) is 0.802. The molecule has 0 atom stereocenters. The molecule has 1 aromatic rings. The predicted molar refractivity (Wildman–Crippen MR) is 64.5 cm³/mol. The molecule has 0 spiro atoms. The van der Waals surface area contributed by atoms with E-state index >= 15 is 0 Å². The number of thiol groups is 1. The normalized spacial score (nSPS) is 9.15. The summed E-state index contributed by atoms with van der Waals surface area (Å²) >= 11 is 13.3. The number of hydrogen-bond acceptors (Lipinski definition) is 1. The fourth-order valence-corrected chi connectivity index (χ4v) is 1.33. The van der Waals surface area contributed by atoms with Crippen LogP contribution in [0.3, 0.4) is 0 Å². The third-order valence-corrected chi connectivity index (χ3v) is 2.85. The van der Waals surface area contributed by atoms with Crippen LogP contribution in [-0.4, -0.2) is 5.75 Å². The molecule has 0 amide bonds. The molecule has 0 saturated heterocycles. The Hall–Kier alpha value is -0.100. The minimum Gasteiger partial charge on any atom is -0.178 e. The molecule has 13 heavy (non-hydrogen) atoms. The van der Waals surface area contributed by atoms with Gasteiger partial charge in [0.25, 0.3) is 0 Å². The van der Waals surface area contributed by atoms with Crippen LogP contribution in [0.1, 0.15) is 12.0 Å². The van der Waals surface area contributed by atoms with Crippen LogP contribution in [-0.2, 0) is 0 Å². The molecule has 0 aliphatic rings. The molecule has 0 aromatic heterocycles. The molecule has 0 bridgehead atoms. The number of hydrogen-bond donors (Lipinski definition) is 1. The monoisotopic (exact) mass is 274 g/mol. The van der Waals surface area contributed by atoms with Gasteiger partial charge in [0.2, 0.25) is 0 Å². The Kier molecular flexibility index (Phi) is 4.72. The third-order valence-electron chi connectivity index (χ3n) is 1.39. The first-order chi connectivity index (χ1) is 6.24. The number of halogens is 2. The lowest BCUT2D eigenvalue weighted by molar-refractivity contribution is 1.31. The van der Waals surface area contributed by atoms with Gasteiger partial charge in [-0.05, 0) is 34.1 Å². The highest BCUT2D eigenvalue weighted by Gasteiger charge is 1.95. The first-order valence-corrected chi connectivity index (χ1v) is 5.59. The largest absolute Gasteiger partial charge is 0.178 e. The SMILES string of the molecule is SCCC#Cc1ccc(Br)c(Cl)c1. The van der Waals surface area contributed by atoms with Crippen LogP contribution < -0.4 is 0 Å². The molecule has 0 saturated carbocycles. The molecule has 0 radical (unpaired) electrons. The van der Waals surface area contributed by atoms with E-state index in [4.69, 9.17) is 11.6 Å². The zero-order valence-electron chi connectivity index (χ0n) is 6.85. The van der Waals surface area contributed by atoms with Gasteiger partial charge in [0.15, 0.2) is 0 Å². The van der Waals surface area contributed by atoms with Crippen LogP contribution in [0.2, 0.25) is 5.02 Å². The Bertz CT molecular complexity index is 352. The van der Waals surface area contributed by atoms with Crippen molar-refractivity contribution < 1.29 is 0 Å². The summed E-state index contributed by atoms with van der Waals surface area (Å²) in [5, 5.41) is 0.692. The lowest BCUT2D eigenvalue weighted by Gasteiger charge is -1.95. The summed E-state index contributed by atoms with van der Waals surface area (Å²) in [4.78, 5) is 0. The van der Waals surface area contributed by atoms with Gasteiger partial charge in [0, 0.05) is 22.2 Å². The average Bonchev–Trinajstić information content (AvgIpc) is 2.12. The quantitative estimate of drug-likeness (QED) is 0.585. The van der Waals surface area contributed by atoms with Crippen molar-refractivity contribution in [1.29, 1.82) is 0 Å². The van der Waals surface area contributed by atoms with Crippen molar-refractivity contribution in [1.82, 2.24) is 0 Å². The Morgan fingerprint density at radius 2 is 2.23 bits per heavy atom. The van der Waals surface area contributed by atoms with Crippen molar-refractivity contribution in [2.24, 2.45) is 0 Å². The van der Waals surface area contributed by atoms with E-state index in [1.807, 2.05) is 18.2 Å². The first-order valence-electron chi connectivity index (χ1n) is 3.79. The van der Waals surface area contributed by atoms with Crippen LogP contribution >= 0.6 is 40.2 Å². The second kappa shape index (κ2) is 5.59. The zero-order valence-corrected chi connectivity index (χ0v) is 10.1. The minimum absolute atomic E-state index is 0.692. The van der Waals surface area contributed by atoms with Gasteiger partial charge in [-0.15, -0.1) is 0 Å². The second-order valence-electron chi connectivity index (χ2n) is 2.40. The van der Waals surface area contributed by atoms with E-state index in [1.54, 1.807) is 0 Å². The zero-order chi connectivity index (χ0) is 9.68. The van der Waals surface area contributed by atoms with Crippen molar-refractivity contribution in [3.8, 4) is 11.8 Å². The molecule has 0 fully saturated rings. The summed E-state index contributed by atoms with van der Waals surface area (Å²) in [5.41, 5.74) is 0.940. The minimum atomic E-state index is 0.692. The summed E-state index contributed by atoms with van der Waals surface area (Å²) in [7, 11) is 0. The fourth-order valence-electron chi connectivity index (χ4n) is 0.794.